The molecule has 0 radical (unpaired) electrons. The molecular formula is C37H10F10N4. The van der Waals surface area contributed by atoms with E-state index in [1.54, 1.807) is 18.2 Å². The maximum atomic E-state index is 14.8. The first kappa shape index (κ1) is 32.7. The Morgan fingerprint density at radius 1 is 0.392 bits per heavy atom. The Balaban J connectivity index is 1.48. The fourth-order valence-corrected chi connectivity index (χ4v) is 6.50. The van der Waals surface area contributed by atoms with Crippen molar-refractivity contribution in [2.24, 2.45) is 5.73 Å². The number of nitriles is 3. The summed E-state index contributed by atoms with van der Waals surface area (Å²) < 4.78 is 143. The maximum absolute atomic E-state index is 14.8. The van der Waals surface area contributed by atoms with Crippen LogP contribution in [0.5, 0.6) is 0 Å². The molecule has 0 heterocycles. The van der Waals surface area contributed by atoms with Gasteiger partial charge in [0.15, 0.2) is 46.5 Å². The van der Waals surface area contributed by atoms with Gasteiger partial charge in [0.25, 0.3) is 0 Å². The highest BCUT2D eigenvalue weighted by atomic mass is 19.2. The minimum atomic E-state index is -2.37. The van der Waals surface area contributed by atoms with E-state index in [-0.39, 0.29) is 55.7 Å². The quantitative estimate of drug-likeness (QED) is 0.0841. The summed E-state index contributed by atoms with van der Waals surface area (Å²) >= 11 is 0. The number of halogens is 10. The molecule has 2 aliphatic carbocycles. The number of fused-ring (bicyclic) bond motifs is 6. The molecule has 2 N–H and O–H groups in total. The third kappa shape index (κ3) is 4.38. The van der Waals surface area contributed by atoms with Crippen LogP contribution in [0.1, 0.15) is 22.3 Å². The minimum absolute atomic E-state index is 0.00573. The molecule has 0 unspecified atom stereocenters. The van der Waals surface area contributed by atoms with Crippen molar-refractivity contribution in [2.75, 3.05) is 0 Å². The molecule has 5 aromatic carbocycles. The largest absolute Gasteiger partial charge is 0.390 e. The Morgan fingerprint density at radius 3 is 1.10 bits per heavy atom. The first-order chi connectivity index (χ1) is 24.3. The summed E-state index contributed by atoms with van der Waals surface area (Å²) in [6.45, 7) is 0. The molecule has 248 valence electrons. The van der Waals surface area contributed by atoms with Crippen molar-refractivity contribution in [3.8, 4) is 62.7 Å². The molecule has 0 aliphatic heterocycles. The third-order valence-electron chi connectivity index (χ3n) is 8.71. The Kier molecular flexibility index (Phi) is 7.28. The number of nitrogens with zero attached hydrogens (tertiary/aromatic N) is 3. The number of hydrogen-bond acceptors (Lipinski definition) is 4. The molecule has 0 atom stereocenters. The van der Waals surface area contributed by atoms with Crippen molar-refractivity contribution in [3.63, 3.8) is 0 Å². The predicted octanol–water partition coefficient (Wildman–Crippen LogP) is 9.46. The van der Waals surface area contributed by atoms with Crippen molar-refractivity contribution in [2.45, 2.75) is 0 Å². The van der Waals surface area contributed by atoms with Gasteiger partial charge in [0.2, 0.25) is 11.6 Å². The molecule has 0 spiro atoms. The first-order valence-corrected chi connectivity index (χ1v) is 14.2. The monoisotopic (exact) mass is 700 g/mol. The standard InChI is InChI=1S/C37H10F10N4/c38-28-25(29(39)33(43)36(46)32(28)42)12-1-3-15-17-8-22-18(7-21(17)24(19(15)5-12)14(9-48)10-49)16-4-2-13(6-20(16)27(22)23(51)11-50)26-30(40)34(44)37(47)35(45)31(26)41/h1-8H,51H2/b27-23-. The van der Waals surface area contributed by atoms with Crippen LogP contribution in [0.4, 0.5) is 43.9 Å². The van der Waals surface area contributed by atoms with Gasteiger partial charge in [0, 0.05) is 11.1 Å². The van der Waals surface area contributed by atoms with Crippen LogP contribution in [0.25, 0.3) is 55.7 Å². The van der Waals surface area contributed by atoms with E-state index in [4.69, 9.17) is 5.73 Å². The Morgan fingerprint density at radius 2 is 0.725 bits per heavy atom. The van der Waals surface area contributed by atoms with Crippen LogP contribution < -0.4 is 5.73 Å². The van der Waals surface area contributed by atoms with Gasteiger partial charge in [-0.1, -0.05) is 24.3 Å². The molecule has 14 heteroatoms. The number of rotatable bonds is 2. The van der Waals surface area contributed by atoms with E-state index < -0.39 is 91.7 Å². The topological polar surface area (TPSA) is 97.4 Å². The van der Waals surface area contributed by atoms with E-state index in [1.807, 2.05) is 0 Å². The highest BCUT2D eigenvalue weighted by Gasteiger charge is 2.35. The van der Waals surface area contributed by atoms with E-state index in [0.717, 1.165) is 24.3 Å². The van der Waals surface area contributed by atoms with Gasteiger partial charge in [-0.15, -0.1) is 0 Å². The fourth-order valence-electron chi connectivity index (χ4n) is 6.50. The summed E-state index contributed by atoms with van der Waals surface area (Å²) in [4.78, 5) is 0. The molecule has 4 nitrogen and oxygen atoms in total. The number of allylic oxidation sites excluding steroid dienone is 2. The molecule has 0 amide bonds. The lowest BCUT2D eigenvalue weighted by molar-refractivity contribution is 0.381. The summed E-state index contributed by atoms with van der Waals surface area (Å²) in [5.74, 6) is -21.9. The molecule has 5 aromatic rings. The molecule has 51 heavy (non-hydrogen) atoms. The van der Waals surface area contributed by atoms with Crippen LogP contribution in [0.2, 0.25) is 0 Å². The lowest BCUT2D eigenvalue weighted by Gasteiger charge is -2.11. The van der Waals surface area contributed by atoms with Gasteiger partial charge < -0.3 is 5.73 Å². The van der Waals surface area contributed by atoms with Crippen LogP contribution >= 0.6 is 0 Å². The van der Waals surface area contributed by atoms with Crippen LogP contribution in [-0.4, -0.2) is 0 Å². The van der Waals surface area contributed by atoms with Gasteiger partial charge in [-0.25, -0.2) is 43.9 Å². The molecular weight excluding hydrogens is 690 g/mol. The van der Waals surface area contributed by atoms with Crippen molar-refractivity contribution >= 4 is 11.1 Å². The normalized spacial score (nSPS) is 13.1. The van der Waals surface area contributed by atoms with Crippen LogP contribution in [-0.2, 0) is 0 Å². The Bertz CT molecular complexity index is 2620. The van der Waals surface area contributed by atoms with Gasteiger partial charge >= 0.3 is 0 Å². The van der Waals surface area contributed by atoms with E-state index in [1.165, 1.54) is 24.3 Å². The molecule has 0 saturated carbocycles. The molecule has 0 saturated heterocycles. The first-order valence-electron chi connectivity index (χ1n) is 14.2. The maximum Gasteiger partial charge on any atom is 0.200 e. The Labute approximate surface area is 279 Å². The lowest BCUT2D eigenvalue weighted by Crippen LogP contribution is -2.04. The van der Waals surface area contributed by atoms with E-state index in [0.29, 0.717) is 0 Å². The summed E-state index contributed by atoms with van der Waals surface area (Å²) in [5.41, 5.74) is 3.14. The minimum Gasteiger partial charge on any atom is -0.390 e. The summed E-state index contributed by atoms with van der Waals surface area (Å²) in [6.07, 6.45) is 0. The van der Waals surface area contributed by atoms with Crippen LogP contribution in [0.15, 0.2) is 59.8 Å². The number of nitrogens with two attached hydrogens (primary N) is 1. The molecule has 0 bridgehead atoms. The second kappa shape index (κ2) is 11.4. The highest BCUT2D eigenvalue weighted by Crippen LogP contribution is 2.54. The number of hydrogen-bond donors (Lipinski definition) is 1. The zero-order chi connectivity index (χ0) is 36.8. The lowest BCUT2D eigenvalue weighted by atomic mass is 9.93. The molecule has 2 aliphatic rings. The Hall–Kier alpha value is -6.85. The van der Waals surface area contributed by atoms with E-state index >= 15 is 0 Å². The molecule has 0 fully saturated rings. The fraction of sp³-hybridized carbons (Fsp3) is 0. The van der Waals surface area contributed by atoms with E-state index in [2.05, 4.69) is 0 Å². The second-order valence-corrected chi connectivity index (χ2v) is 11.2. The number of benzene rings is 5. The van der Waals surface area contributed by atoms with Crippen molar-refractivity contribution in [1.29, 1.82) is 15.8 Å². The van der Waals surface area contributed by atoms with Crippen molar-refractivity contribution in [3.05, 3.63) is 140 Å². The average Bonchev–Trinajstić information content (AvgIpc) is 3.62. The second-order valence-electron chi connectivity index (χ2n) is 11.2. The van der Waals surface area contributed by atoms with Gasteiger partial charge in [-0.05, 0) is 79.9 Å². The van der Waals surface area contributed by atoms with Gasteiger partial charge in [0.1, 0.15) is 29.5 Å². The van der Waals surface area contributed by atoms with Crippen molar-refractivity contribution in [1.82, 2.24) is 0 Å². The third-order valence-corrected chi connectivity index (χ3v) is 8.71. The molecule has 7 rings (SSSR count). The van der Waals surface area contributed by atoms with Gasteiger partial charge in [-0.3, -0.25) is 0 Å². The zero-order valence-corrected chi connectivity index (χ0v) is 24.8. The average molecular weight is 700 g/mol. The summed E-state index contributed by atoms with van der Waals surface area (Å²) in [6, 6.07) is 14.9. The predicted molar refractivity (Wildman–Crippen MR) is 161 cm³/mol. The van der Waals surface area contributed by atoms with Crippen molar-refractivity contribution < 1.29 is 43.9 Å². The van der Waals surface area contributed by atoms with Gasteiger partial charge in [-0.2, -0.15) is 15.8 Å². The summed E-state index contributed by atoms with van der Waals surface area (Å²) in [7, 11) is 0. The van der Waals surface area contributed by atoms with Crippen LogP contribution in [0.3, 0.4) is 0 Å². The SMILES string of the molecule is N#CC(C#N)=C1c2cc(-c3c(F)c(F)c(F)c(F)c3F)ccc2-c2cc3c(cc21)-c1ccc(-c2c(F)c(F)c(F)c(F)c2F)cc1/C3=C(/N)C#N. The molecule has 0 aromatic heterocycles. The smallest absolute Gasteiger partial charge is 0.200 e. The van der Waals surface area contributed by atoms with E-state index in [9.17, 15) is 59.7 Å². The zero-order valence-electron chi connectivity index (χ0n) is 24.8. The highest BCUT2D eigenvalue weighted by molar-refractivity contribution is 6.11. The summed E-state index contributed by atoms with van der Waals surface area (Å²) in [5, 5.41) is 29.5. The van der Waals surface area contributed by atoms with Gasteiger partial charge in [0.05, 0.1) is 11.1 Å². The van der Waals surface area contributed by atoms with Crippen LogP contribution in [0, 0.1) is 92.2 Å².